The molecule has 82 valence electrons. The Balaban J connectivity index is 2.49. The number of halogens is 1. The van der Waals surface area contributed by atoms with E-state index in [0.717, 1.165) is 22.4 Å². The molecule has 1 heterocycles. The van der Waals surface area contributed by atoms with Crippen LogP contribution in [-0.4, -0.2) is 10.1 Å². The summed E-state index contributed by atoms with van der Waals surface area (Å²) >= 11 is 5.86. The molecule has 0 amide bonds. The molecule has 2 aromatic rings. The van der Waals surface area contributed by atoms with Gasteiger partial charge in [-0.25, -0.2) is 0 Å². The number of nitrogens with zero attached hydrogens (tertiary/aromatic N) is 1. The summed E-state index contributed by atoms with van der Waals surface area (Å²) in [4.78, 5) is 4.31. The van der Waals surface area contributed by atoms with Crippen molar-refractivity contribution in [3.05, 3.63) is 52.7 Å². The van der Waals surface area contributed by atoms with E-state index in [1.165, 1.54) is 0 Å². The van der Waals surface area contributed by atoms with Crippen molar-refractivity contribution in [2.75, 3.05) is 0 Å². The van der Waals surface area contributed by atoms with E-state index < -0.39 is 0 Å². The first-order chi connectivity index (χ1) is 7.70. The van der Waals surface area contributed by atoms with Crippen molar-refractivity contribution >= 4 is 11.6 Å². The van der Waals surface area contributed by atoms with Gasteiger partial charge in [-0.15, -0.1) is 0 Å². The van der Waals surface area contributed by atoms with Gasteiger partial charge in [0.25, 0.3) is 0 Å². The monoisotopic (exact) mass is 233 g/mol. The molecule has 0 fully saturated rings. The second kappa shape index (κ2) is 4.64. The van der Waals surface area contributed by atoms with Crippen LogP contribution in [0.15, 0.2) is 36.5 Å². The summed E-state index contributed by atoms with van der Waals surface area (Å²) in [6.07, 6.45) is 1.63. The maximum absolute atomic E-state index is 9.08. The lowest BCUT2D eigenvalue weighted by molar-refractivity contribution is 0.282. The van der Waals surface area contributed by atoms with Crippen LogP contribution in [0.5, 0.6) is 0 Å². The van der Waals surface area contributed by atoms with Crippen LogP contribution in [0.4, 0.5) is 0 Å². The summed E-state index contributed by atoms with van der Waals surface area (Å²) in [6.45, 7) is 2.01. The van der Waals surface area contributed by atoms with Crippen molar-refractivity contribution in [1.82, 2.24) is 4.98 Å². The Morgan fingerprint density at radius 2 is 2.12 bits per heavy atom. The van der Waals surface area contributed by atoms with E-state index in [1.807, 2.05) is 37.3 Å². The van der Waals surface area contributed by atoms with Gasteiger partial charge in [0.05, 0.1) is 17.3 Å². The Hall–Kier alpha value is -1.38. The fourth-order valence-electron chi connectivity index (χ4n) is 1.66. The van der Waals surface area contributed by atoms with Crippen LogP contribution in [0, 0.1) is 6.92 Å². The molecule has 0 unspecified atom stereocenters. The Labute approximate surface area is 99.5 Å². The highest BCUT2D eigenvalue weighted by Gasteiger charge is 2.04. The lowest BCUT2D eigenvalue weighted by Crippen LogP contribution is -1.90. The Bertz CT molecular complexity index is 511. The van der Waals surface area contributed by atoms with Crippen LogP contribution in [0.3, 0.4) is 0 Å². The van der Waals surface area contributed by atoms with Crippen LogP contribution < -0.4 is 0 Å². The normalized spacial score (nSPS) is 10.4. The zero-order valence-electron chi connectivity index (χ0n) is 8.94. The van der Waals surface area contributed by atoms with Crippen LogP contribution in [0.1, 0.15) is 11.1 Å². The third kappa shape index (κ3) is 2.23. The predicted molar refractivity (Wildman–Crippen MR) is 65.3 cm³/mol. The summed E-state index contributed by atoms with van der Waals surface area (Å²) in [5.74, 6) is 0. The van der Waals surface area contributed by atoms with Crippen molar-refractivity contribution < 1.29 is 5.11 Å². The number of rotatable bonds is 2. The number of aliphatic hydroxyl groups excluding tert-OH is 1. The van der Waals surface area contributed by atoms with E-state index in [0.29, 0.717) is 5.02 Å². The molecule has 0 aliphatic carbocycles. The third-order valence-corrected chi connectivity index (χ3v) is 2.63. The number of aliphatic hydroxyl groups is 1. The number of aryl methyl sites for hydroxylation is 1. The maximum Gasteiger partial charge on any atom is 0.0732 e. The molecule has 0 bridgehead atoms. The van der Waals surface area contributed by atoms with Gasteiger partial charge in [0.1, 0.15) is 0 Å². The second-order valence-corrected chi connectivity index (χ2v) is 4.11. The highest BCUT2D eigenvalue weighted by atomic mass is 35.5. The van der Waals surface area contributed by atoms with E-state index in [9.17, 15) is 0 Å². The molecule has 0 aliphatic heterocycles. The largest absolute Gasteiger partial charge is 0.392 e. The van der Waals surface area contributed by atoms with Crippen molar-refractivity contribution in [2.45, 2.75) is 13.5 Å². The van der Waals surface area contributed by atoms with Gasteiger partial charge in [-0.3, -0.25) is 4.98 Å². The molecule has 0 saturated carbocycles. The lowest BCUT2D eigenvalue weighted by Gasteiger charge is -2.06. The van der Waals surface area contributed by atoms with Crippen molar-refractivity contribution in [3.8, 4) is 11.3 Å². The smallest absolute Gasteiger partial charge is 0.0732 e. The van der Waals surface area contributed by atoms with Gasteiger partial charge in [0, 0.05) is 11.8 Å². The SMILES string of the molecule is Cc1cc(Cl)cnc1-c1cccc(CO)c1. The van der Waals surface area contributed by atoms with Gasteiger partial charge < -0.3 is 5.11 Å². The maximum atomic E-state index is 9.08. The van der Waals surface area contributed by atoms with E-state index in [1.54, 1.807) is 6.20 Å². The number of hydrogen-bond acceptors (Lipinski definition) is 2. The molecule has 1 N–H and O–H groups in total. The predicted octanol–water partition coefficient (Wildman–Crippen LogP) is 3.20. The van der Waals surface area contributed by atoms with Crippen LogP contribution in [-0.2, 0) is 6.61 Å². The zero-order valence-corrected chi connectivity index (χ0v) is 9.70. The van der Waals surface area contributed by atoms with E-state index in [2.05, 4.69) is 4.98 Å². The van der Waals surface area contributed by atoms with Crippen LogP contribution >= 0.6 is 11.6 Å². The third-order valence-electron chi connectivity index (χ3n) is 2.43. The topological polar surface area (TPSA) is 33.1 Å². The molecule has 2 rings (SSSR count). The molecule has 0 atom stereocenters. The van der Waals surface area contributed by atoms with Gasteiger partial charge in [-0.2, -0.15) is 0 Å². The van der Waals surface area contributed by atoms with Gasteiger partial charge >= 0.3 is 0 Å². The Kier molecular flexibility index (Phi) is 3.22. The summed E-state index contributed by atoms with van der Waals surface area (Å²) < 4.78 is 0. The lowest BCUT2D eigenvalue weighted by atomic mass is 10.0. The molecule has 0 spiro atoms. The molecule has 1 aromatic carbocycles. The number of benzene rings is 1. The standard InChI is InChI=1S/C13H12ClNO/c1-9-5-12(14)7-15-13(9)11-4-2-3-10(6-11)8-16/h2-7,16H,8H2,1H3. The average Bonchev–Trinajstić information content (AvgIpc) is 2.29. The number of hydrogen-bond donors (Lipinski definition) is 1. The average molecular weight is 234 g/mol. The highest BCUT2D eigenvalue weighted by molar-refractivity contribution is 6.30. The quantitative estimate of drug-likeness (QED) is 0.864. The van der Waals surface area contributed by atoms with Gasteiger partial charge in [-0.1, -0.05) is 29.8 Å². The molecular weight excluding hydrogens is 222 g/mol. The first-order valence-corrected chi connectivity index (χ1v) is 5.41. The molecule has 16 heavy (non-hydrogen) atoms. The summed E-state index contributed by atoms with van der Waals surface area (Å²) in [5.41, 5.74) is 3.82. The van der Waals surface area contributed by atoms with Gasteiger partial charge in [-0.05, 0) is 30.2 Å². The Morgan fingerprint density at radius 1 is 1.31 bits per heavy atom. The van der Waals surface area contributed by atoms with Crippen molar-refractivity contribution in [2.24, 2.45) is 0 Å². The van der Waals surface area contributed by atoms with E-state index >= 15 is 0 Å². The molecular formula is C13H12ClNO. The molecule has 3 heteroatoms. The molecule has 0 saturated heterocycles. The minimum Gasteiger partial charge on any atom is -0.392 e. The van der Waals surface area contributed by atoms with Crippen LogP contribution in [0.2, 0.25) is 5.02 Å². The summed E-state index contributed by atoms with van der Waals surface area (Å²) in [6, 6.07) is 9.59. The summed E-state index contributed by atoms with van der Waals surface area (Å²) in [5, 5.41) is 9.72. The molecule has 0 aliphatic rings. The second-order valence-electron chi connectivity index (χ2n) is 3.68. The summed E-state index contributed by atoms with van der Waals surface area (Å²) in [7, 11) is 0. The minimum atomic E-state index is 0.0421. The number of aromatic nitrogens is 1. The van der Waals surface area contributed by atoms with Crippen molar-refractivity contribution in [1.29, 1.82) is 0 Å². The minimum absolute atomic E-state index is 0.0421. The van der Waals surface area contributed by atoms with Crippen molar-refractivity contribution in [3.63, 3.8) is 0 Å². The fourth-order valence-corrected chi connectivity index (χ4v) is 1.87. The fraction of sp³-hybridized carbons (Fsp3) is 0.154. The number of pyridine rings is 1. The van der Waals surface area contributed by atoms with E-state index in [4.69, 9.17) is 16.7 Å². The first kappa shape index (κ1) is 11.1. The zero-order chi connectivity index (χ0) is 11.5. The Morgan fingerprint density at radius 3 is 2.81 bits per heavy atom. The van der Waals surface area contributed by atoms with E-state index in [-0.39, 0.29) is 6.61 Å². The van der Waals surface area contributed by atoms with Crippen LogP contribution in [0.25, 0.3) is 11.3 Å². The molecule has 1 aromatic heterocycles. The molecule has 0 radical (unpaired) electrons. The van der Waals surface area contributed by atoms with Gasteiger partial charge in [0.15, 0.2) is 0 Å². The van der Waals surface area contributed by atoms with Gasteiger partial charge in [0.2, 0.25) is 0 Å². The first-order valence-electron chi connectivity index (χ1n) is 5.03. The highest BCUT2D eigenvalue weighted by Crippen LogP contribution is 2.23. The molecule has 2 nitrogen and oxygen atoms in total.